The summed E-state index contributed by atoms with van der Waals surface area (Å²) in [5.41, 5.74) is 3.80. The van der Waals surface area contributed by atoms with Crippen molar-refractivity contribution in [1.29, 1.82) is 0 Å². The average molecular weight is 383 g/mol. The van der Waals surface area contributed by atoms with Crippen LogP contribution in [0.3, 0.4) is 0 Å². The van der Waals surface area contributed by atoms with Gasteiger partial charge < -0.3 is 4.98 Å². The minimum Gasteiger partial charge on any atom is -0.354 e. The van der Waals surface area contributed by atoms with E-state index in [1.807, 2.05) is 66.0 Å². The molecule has 26 heavy (non-hydrogen) atoms. The molecule has 0 saturated heterocycles. The molecule has 0 aliphatic heterocycles. The first-order valence-electron chi connectivity index (χ1n) is 8.15. The van der Waals surface area contributed by atoms with E-state index in [1.165, 1.54) is 0 Å². The van der Waals surface area contributed by atoms with Crippen molar-refractivity contribution in [1.82, 2.24) is 4.98 Å². The number of nitrogens with zero attached hydrogens (tertiary/aromatic N) is 1. The van der Waals surface area contributed by atoms with Crippen LogP contribution in [0.25, 0.3) is 22.2 Å². The summed E-state index contributed by atoms with van der Waals surface area (Å²) < 4.78 is 0. The van der Waals surface area contributed by atoms with Crippen molar-refractivity contribution in [3.63, 3.8) is 0 Å². The third kappa shape index (κ3) is 3.11. The van der Waals surface area contributed by atoms with E-state index in [-0.39, 0.29) is 17.4 Å². The quantitative estimate of drug-likeness (QED) is 0.342. The molecule has 0 saturated carbocycles. The smallest absolute Gasteiger partial charge is 0.215 e. The van der Waals surface area contributed by atoms with Crippen molar-refractivity contribution in [2.45, 2.75) is 5.92 Å². The van der Waals surface area contributed by atoms with Crippen LogP contribution in [-0.2, 0) is 0 Å². The molecule has 2 aromatic heterocycles. The van der Waals surface area contributed by atoms with E-state index in [9.17, 15) is 10.1 Å². The molecule has 0 amide bonds. The van der Waals surface area contributed by atoms with Crippen molar-refractivity contribution >= 4 is 33.8 Å². The van der Waals surface area contributed by atoms with Crippen LogP contribution in [0, 0.1) is 10.1 Å². The van der Waals surface area contributed by atoms with Crippen LogP contribution < -0.4 is 0 Å². The Morgan fingerprint density at radius 3 is 2.54 bits per heavy atom. The van der Waals surface area contributed by atoms with E-state index < -0.39 is 0 Å². The number of rotatable bonds is 5. The van der Waals surface area contributed by atoms with E-state index in [0.717, 1.165) is 32.6 Å². The standard InChI is InChI=1S/C20H15ClN2O2S/c21-14-9-7-13(8-10-14)20-19(15-4-1-2-5-17(15)22-20)16(12-23(24)25)18-6-3-11-26-18/h1-11,16,22H,12H2/t16-/m0/s1. The molecule has 4 nitrogen and oxygen atoms in total. The highest BCUT2D eigenvalue weighted by Gasteiger charge is 2.28. The molecule has 0 aliphatic carbocycles. The lowest BCUT2D eigenvalue weighted by Crippen LogP contribution is -2.13. The molecule has 6 heteroatoms. The highest BCUT2D eigenvalue weighted by molar-refractivity contribution is 7.10. The van der Waals surface area contributed by atoms with Crippen molar-refractivity contribution < 1.29 is 4.92 Å². The van der Waals surface area contributed by atoms with Gasteiger partial charge in [-0.1, -0.05) is 48.0 Å². The van der Waals surface area contributed by atoms with E-state index in [0.29, 0.717) is 5.02 Å². The number of nitrogens with one attached hydrogen (secondary N) is 1. The predicted molar refractivity (Wildman–Crippen MR) is 107 cm³/mol. The minimum atomic E-state index is -0.313. The molecule has 0 unspecified atom stereocenters. The molecule has 0 aliphatic rings. The number of thiophene rings is 1. The van der Waals surface area contributed by atoms with Crippen LogP contribution >= 0.6 is 22.9 Å². The molecular formula is C20H15ClN2O2S. The number of aromatic amines is 1. The summed E-state index contributed by atoms with van der Waals surface area (Å²) in [4.78, 5) is 15.6. The van der Waals surface area contributed by atoms with Crippen molar-refractivity contribution in [2.24, 2.45) is 0 Å². The lowest BCUT2D eigenvalue weighted by Gasteiger charge is -2.14. The highest BCUT2D eigenvalue weighted by atomic mass is 35.5. The Hall–Kier alpha value is -2.63. The van der Waals surface area contributed by atoms with Crippen LogP contribution in [0.1, 0.15) is 16.4 Å². The maximum atomic E-state index is 11.4. The third-order valence-electron chi connectivity index (χ3n) is 4.45. The molecule has 4 rings (SSSR count). The Kier molecular flexibility index (Phi) is 4.49. The Labute approximate surface area is 159 Å². The fraction of sp³-hybridized carbons (Fsp3) is 0.100. The number of nitro groups is 1. The lowest BCUT2D eigenvalue weighted by molar-refractivity contribution is -0.481. The molecule has 4 aromatic rings. The summed E-state index contributed by atoms with van der Waals surface area (Å²) in [5.74, 6) is -0.313. The average Bonchev–Trinajstić information content (AvgIpc) is 3.28. The number of fused-ring (bicyclic) bond motifs is 1. The van der Waals surface area contributed by atoms with E-state index >= 15 is 0 Å². The second-order valence-corrected chi connectivity index (χ2v) is 7.47. The number of benzene rings is 2. The van der Waals surface area contributed by atoms with Gasteiger partial charge in [-0.3, -0.25) is 10.1 Å². The van der Waals surface area contributed by atoms with Gasteiger partial charge in [0, 0.05) is 31.3 Å². The monoisotopic (exact) mass is 382 g/mol. The van der Waals surface area contributed by atoms with E-state index in [2.05, 4.69) is 4.98 Å². The van der Waals surface area contributed by atoms with Gasteiger partial charge in [0.25, 0.3) is 0 Å². The molecule has 130 valence electrons. The Morgan fingerprint density at radius 2 is 1.85 bits per heavy atom. The summed E-state index contributed by atoms with van der Waals surface area (Å²) in [6.07, 6.45) is 0. The molecule has 0 radical (unpaired) electrons. The van der Waals surface area contributed by atoms with E-state index in [1.54, 1.807) is 11.3 Å². The molecule has 1 atom stereocenters. The fourth-order valence-corrected chi connectivity index (χ4v) is 4.29. The van der Waals surface area contributed by atoms with Gasteiger partial charge in [-0.2, -0.15) is 0 Å². The summed E-state index contributed by atoms with van der Waals surface area (Å²) >= 11 is 7.58. The van der Waals surface area contributed by atoms with Gasteiger partial charge in [0.1, 0.15) is 0 Å². The maximum Gasteiger partial charge on any atom is 0.215 e. The maximum absolute atomic E-state index is 11.4. The van der Waals surface area contributed by atoms with Crippen LogP contribution in [0.15, 0.2) is 66.0 Å². The van der Waals surface area contributed by atoms with Gasteiger partial charge in [-0.15, -0.1) is 11.3 Å². The lowest BCUT2D eigenvalue weighted by atomic mass is 9.92. The van der Waals surface area contributed by atoms with Gasteiger partial charge in [0.15, 0.2) is 0 Å². The summed E-state index contributed by atoms with van der Waals surface area (Å²) in [7, 11) is 0. The topological polar surface area (TPSA) is 58.9 Å². The fourth-order valence-electron chi connectivity index (χ4n) is 3.33. The first-order valence-corrected chi connectivity index (χ1v) is 9.41. The third-order valence-corrected chi connectivity index (χ3v) is 5.68. The zero-order valence-electron chi connectivity index (χ0n) is 13.7. The van der Waals surface area contributed by atoms with Gasteiger partial charge in [0.2, 0.25) is 6.54 Å². The summed E-state index contributed by atoms with van der Waals surface area (Å²) in [6, 6.07) is 19.4. The predicted octanol–water partition coefficient (Wildman–Crippen LogP) is 5.96. The molecular weight excluding hydrogens is 368 g/mol. The molecule has 0 fully saturated rings. The summed E-state index contributed by atoms with van der Waals surface area (Å²) in [5, 5.41) is 15.0. The Balaban J connectivity index is 1.98. The molecule has 2 heterocycles. The zero-order chi connectivity index (χ0) is 18.1. The van der Waals surface area contributed by atoms with Crippen LogP contribution in [0.2, 0.25) is 5.02 Å². The number of aromatic nitrogens is 1. The first-order chi connectivity index (χ1) is 12.6. The van der Waals surface area contributed by atoms with Crippen molar-refractivity contribution in [3.8, 4) is 11.3 Å². The van der Waals surface area contributed by atoms with Crippen molar-refractivity contribution in [3.05, 3.63) is 91.6 Å². The van der Waals surface area contributed by atoms with Crippen LogP contribution in [0.4, 0.5) is 0 Å². The first kappa shape index (κ1) is 16.8. The number of hydrogen-bond acceptors (Lipinski definition) is 3. The van der Waals surface area contributed by atoms with E-state index in [4.69, 9.17) is 11.6 Å². The second kappa shape index (κ2) is 6.94. The number of halogens is 1. The molecule has 0 bridgehead atoms. The second-order valence-electron chi connectivity index (χ2n) is 6.05. The van der Waals surface area contributed by atoms with Crippen molar-refractivity contribution in [2.75, 3.05) is 6.54 Å². The van der Waals surface area contributed by atoms with Crippen LogP contribution in [-0.4, -0.2) is 16.5 Å². The van der Waals surface area contributed by atoms with Gasteiger partial charge >= 0.3 is 0 Å². The van der Waals surface area contributed by atoms with Gasteiger partial charge in [0.05, 0.1) is 11.6 Å². The minimum absolute atomic E-state index is 0.150. The largest absolute Gasteiger partial charge is 0.354 e. The number of hydrogen-bond donors (Lipinski definition) is 1. The molecule has 2 aromatic carbocycles. The molecule has 1 N–H and O–H groups in total. The van der Waals surface area contributed by atoms with Gasteiger partial charge in [-0.25, -0.2) is 0 Å². The number of para-hydroxylation sites is 1. The zero-order valence-corrected chi connectivity index (χ0v) is 15.3. The van der Waals surface area contributed by atoms with Crippen LogP contribution in [0.5, 0.6) is 0 Å². The van der Waals surface area contributed by atoms with Gasteiger partial charge in [-0.05, 0) is 35.2 Å². The SMILES string of the molecule is O=[N+]([O-])C[C@@H](c1cccs1)c1c(-c2ccc(Cl)cc2)[nH]c2ccccc12. The Morgan fingerprint density at radius 1 is 1.08 bits per heavy atom. The normalized spacial score (nSPS) is 12.3. The molecule has 0 spiro atoms. The summed E-state index contributed by atoms with van der Waals surface area (Å²) in [6.45, 7) is -0.150. The Bertz CT molecular complexity index is 1060. The number of H-pyrrole nitrogens is 1. The highest BCUT2D eigenvalue weighted by Crippen LogP contribution is 2.40.